The van der Waals surface area contributed by atoms with Gasteiger partial charge >= 0.3 is 16.8 Å². The summed E-state index contributed by atoms with van der Waals surface area (Å²) in [4.78, 5) is 0. The van der Waals surface area contributed by atoms with Gasteiger partial charge in [0.05, 0.1) is 0 Å². The lowest BCUT2D eigenvalue weighted by atomic mass is 10.2. The molecule has 0 fully saturated rings. The van der Waals surface area contributed by atoms with Crippen molar-refractivity contribution in [3.8, 4) is 11.1 Å². The van der Waals surface area contributed by atoms with E-state index in [1.165, 1.54) is 0 Å². The minimum Gasteiger partial charge on any atom is -0.297 e. The van der Waals surface area contributed by atoms with Gasteiger partial charge in [0.25, 0.3) is 0 Å². The lowest BCUT2D eigenvalue weighted by Gasteiger charge is -2.29. The fourth-order valence-corrected chi connectivity index (χ4v) is 3.24. The Morgan fingerprint density at radius 3 is 1.00 bits per heavy atom. The summed E-state index contributed by atoms with van der Waals surface area (Å²) >= 11 is 0. The Labute approximate surface area is 101 Å². The average Bonchev–Trinajstić information content (AvgIpc) is 1.97. The van der Waals surface area contributed by atoms with Gasteiger partial charge in [0.15, 0.2) is 0 Å². The van der Waals surface area contributed by atoms with E-state index in [1.807, 2.05) is 41.5 Å². The predicted molar refractivity (Wildman–Crippen MR) is 72.7 cm³/mol. The molecule has 0 N–H and O–H groups in total. The van der Waals surface area contributed by atoms with E-state index >= 15 is 0 Å². The Morgan fingerprint density at radius 2 is 0.875 bits per heavy atom. The van der Waals surface area contributed by atoms with E-state index in [0.717, 1.165) is 0 Å². The molecule has 0 spiro atoms. The minimum absolute atomic E-state index is 0.456. The SMILES string of the molecule is CC(C)(C)[Si](C)(F)C#C[Si](C)(F)C(C)(C)C. The van der Waals surface area contributed by atoms with E-state index in [2.05, 4.69) is 11.1 Å². The van der Waals surface area contributed by atoms with Crippen LogP contribution in [0.25, 0.3) is 0 Å². The molecule has 0 saturated carbocycles. The van der Waals surface area contributed by atoms with Crippen molar-refractivity contribution in [1.29, 1.82) is 0 Å². The fourth-order valence-electron chi connectivity index (χ4n) is 0.610. The third-order valence-corrected chi connectivity index (χ3v) is 10.4. The second-order valence-electron chi connectivity index (χ2n) is 6.76. The van der Waals surface area contributed by atoms with Crippen molar-refractivity contribution in [3.63, 3.8) is 0 Å². The van der Waals surface area contributed by atoms with Crippen molar-refractivity contribution < 1.29 is 8.22 Å². The van der Waals surface area contributed by atoms with Crippen LogP contribution >= 0.6 is 0 Å². The first-order valence-corrected chi connectivity index (χ1v) is 10.4. The summed E-state index contributed by atoms with van der Waals surface area (Å²) in [6, 6.07) is 0. The van der Waals surface area contributed by atoms with Gasteiger partial charge in [-0.25, -0.2) is 0 Å². The van der Waals surface area contributed by atoms with Gasteiger partial charge in [-0.15, -0.1) is 0 Å². The molecule has 0 heterocycles. The third kappa shape index (κ3) is 3.71. The van der Waals surface area contributed by atoms with E-state index in [-0.39, 0.29) is 0 Å². The highest BCUT2D eigenvalue weighted by Gasteiger charge is 2.44. The Hall–Kier alpha value is -0.146. The Kier molecular flexibility index (Phi) is 4.23. The Bertz CT molecular complexity index is 279. The van der Waals surface area contributed by atoms with Gasteiger partial charge in [-0.2, -0.15) is 0 Å². The van der Waals surface area contributed by atoms with Crippen LogP contribution in [0.4, 0.5) is 8.22 Å². The highest BCUT2D eigenvalue weighted by Crippen LogP contribution is 2.39. The highest BCUT2D eigenvalue weighted by atomic mass is 28.4. The van der Waals surface area contributed by atoms with Gasteiger partial charge < -0.3 is 0 Å². The zero-order valence-electron chi connectivity index (χ0n) is 11.8. The summed E-state index contributed by atoms with van der Waals surface area (Å²) in [7, 11) is -6.32. The standard InChI is InChI=1S/C12H24F2Si2/c1-11(2,3)15(7,13)9-10-16(8,14)12(4,5)6/h1-8H3. The summed E-state index contributed by atoms with van der Waals surface area (Å²) in [5, 5.41) is -0.912. The molecule has 0 rings (SSSR count). The van der Waals surface area contributed by atoms with Crippen LogP contribution in [-0.2, 0) is 0 Å². The van der Waals surface area contributed by atoms with Gasteiger partial charge in [0.2, 0.25) is 0 Å². The summed E-state index contributed by atoms with van der Waals surface area (Å²) in [5.74, 6) is 0. The van der Waals surface area contributed by atoms with Crippen LogP contribution in [0.3, 0.4) is 0 Å². The smallest absolute Gasteiger partial charge is 0.297 e. The first-order valence-electron chi connectivity index (χ1n) is 5.63. The molecule has 0 aliphatic carbocycles. The van der Waals surface area contributed by atoms with Crippen LogP contribution < -0.4 is 0 Å². The molecule has 0 amide bonds. The van der Waals surface area contributed by atoms with E-state index in [9.17, 15) is 8.22 Å². The molecule has 16 heavy (non-hydrogen) atoms. The molecule has 0 bridgehead atoms. The third-order valence-electron chi connectivity index (χ3n) is 3.35. The van der Waals surface area contributed by atoms with E-state index in [4.69, 9.17) is 0 Å². The van der Waals surface area contributed by atoms with Crippen molar-refractivity contribution in [3.05, 3.63) is 0 Å². The topological polar surface area (TPSA) is 0 Å². The normalized spacial score (nSPS) is 20.4. The molecule has 2 atom stereocenters. The summed E-state index contributed by atoms with van der Waals surface area (Å²) in [5.41, 5.74) is 5.31. The highest BCUT2D eigenvalue weighted by molar-refractivity contribution is 6.87. The molecule has 0 radical (unpaired) electrons. The van der Waals surface area contributed by atoms with Crippen molar-refractivity contribution in [2.75, 3.05) is 0 Å². The zero-order valence-corrected chi connectivity index (χ0v) is 13.8. The minimum atomic E-state index is -3.16. The van der Waals surface area contributed by atoms with Crippen LogP contribution in [0.5, 0.6) is 0 Å². The number of rotatable bonds is 0. The number of hydrogen-bond acceptors (Lipinski definition) is 0. The molecule has 0 aliphatic rings. The number of halogens is 2. The molecular weight excluding hydrogens is 238 g/mol. The molecule has 0 aromatic carbocycles. The molecule has 0 aromatic heterocycles. The molecular formula is C12H24F2Si2. The summed E-state index contributed by atoms with van der Waals surface area (Å²) in [6.07, 6.45) is 0. The fraction of sp³-hybridized carbons (Fsp3) is 0.833. The van der Waals surface area contributed by atoms with E-state index < -0.39 is 26.9 Å². The van der Waals surface area contributed by atoms with Crippen molar-refractivity contribution >= 4 is 16.8 Å². The van der Waals surface area contributed by atoms with Crippen LogP contribution in [-0.4, -0.2) is 16.8 Å². The Morgan fingerprint density at radius 1 is 0.688 bits per heavy atom. The average molecular weight is 262 g/mol. The molecule has 0 nitrogen and oxygen atoms in total. The molecule has 0 aliphatic heterocycles. The lowest BCUT2D eigenvalue weighted by Crippen LogP contribution is -2.38. The molecule has 94 valence electrons. The quantitative estimate of drug-likeness (QED) is 0.335. The second kappa shape index (κ2) is 4.27. The van der Waals surface area contributed by atoms with Crippen molar-refractivity contribution in [2.45, 2.75) is 64.7 Å². The summed E-state index contributed by atoms with van der Waals surface area (Å²) < 4.78 is 28.7. The monoisotopic (exact) mass is 262 g/mol. The maximum absolute atomic E-state index is 14.3. The summed E-state index contributed by atoms with van der Waals surface area (Å²) in [6.45, 7) is 14.1. The van der Waals surface area contributed by atoms with Gasteiger partial charge in [-0.3, -0.25) is 8.22 Å². The van der Waals surface area contributed by atoms with Gasteiger partial charge in [0.1, 0.15) is 0 Å². The zero-order chi connectivity index (χ0) is 13.4. The van der Waals surface area contributed by atoms with Crippen LogP contribution in [0, 0.1) is 11.1 Å². The molecule has 4 heteroatoms. The van der Waals surface area contributed by atoms with Crippen LogP contribution in [0.15, 0.2) is 0 Å². The first kappa shape index (κ1) is 15.9. The van der Waals surface area contributed by atoms with Crippen LogP contribution in [0.2, 0.25) is 23.2 Å². The van der Waals surface area contributed by atoms with E-state index in [0.29, 0.717) is 0 Å². The largest absolute Gasteiger partial charge is 0.324 e. The first-order chi connectivity index (χ1) is 6.71. The maximum atomic E-state index is 14.3. The predicted octanol–water partition coefficient (Wildman–Crippen LogP) is 4.76. The van der Waals surface area contributed by atoms with E-state index in [1.54, 1.807) is 13.1 Å². The van der Waals surface area contributed by atoms with Crippen molar-refractivity contribution in [1.82, 2.24) is 0 Å². The molecule has 2 unspecified atom stereocenters. The van der Waals surface area contributed by atoms with Gasteiger partial charge in [-0.1, -0.05) is 52.6 Å². The maximum Gasteiger partial charge on any atom is 0.324 e. The Balaban J connectivity index is 5.17. The van der Waals surface area contributed by atoms with Crippen LogP contribution in [0.1, 0.15) is 41.5 Å². The van der Waals surface area contributed by atoms with Gasteiger partial charge in [0, 0.05) is 0 Å². The molecule has 0 aromatic rings. The second-order valence-corrected chi connectivity index (χ2v) is 14.3. The van der Waals surface area contributed by atoms with Crippen molar-refractivity contribution in [2.24, 2.45) is 0 Å². The van der Waals surface area contributed by atoms with Gasteiger partial charge in [-0.05, 0) is 23.2 Å². The lowest BCUT2D eigenvalue weighted by molar-refractivity contribution is 0.631. The molecule has 0 saturated heterocycles. The number of hydrogen-bond donors (Lipinski definition) is 0.